The molecule has 19 heavy (non-hydrogen) atoms. The van der Waals surface area contributed by atoms with Gasteiger partial charge < -0.3 is 10.1 Å². The Morgan fingerprint density at radius 1 is 1.37 bits per heavy atom. The lowest BCUT2D eigenvalue weighted by Gasteiger charge is -2.18. The smallest absolute Gasteiger partial charge is 0.120 e. The van der Waals surface area contributed by atoms with Crippen molar-refractivity contribution >= 4 is 22.9 Å². The van der Waals surface area contributed by atoms with Gasteiger partial charge in [0, 0.05) is 11.1 Å². The zero-order valence-electron chi connectivity index (χ0n) is 10.9. The summed E-state index contributed by atoms with van der Waals surface area (Å²) < 4.78 is 5.81. The van der Waals surface area contributed by atoms with Crippen LogP contribution in [0.1, 0.15) is 12.5 Å². The summed E-state index contributed by atoms with van der Waals surface area (Å²) >= 11 is 7.67. The number of rotatable bonds is 7. The third-order valence-corrected chi connectivity index (χ3v) is 3.77. The normalized spacial score (nSPS) is 12.3. The molecule has 1 unspecified atom stereocenters. The zero-order valence-corrected chi connectivity index (χ0v) is 12.5. The first kappa shape index (κ1) is 14.4. The van der Waals surface area contributed by atoms with Crippen molar-refractivity contribution < 1.29 is 4.74 Å². The van der Waals surface area contributed by atoms with Crippen LogP contribution in [0, 0.1) is 0 Å². The van der Waals surface area contributed by atoms with E-state index in [1.54, 1.807) is 11.3 Å². The highest BCUT2D eigenvalue weighted by Gasteiger charge is 2.10. The van der Waals surface area contributed by atoms with Crippen molar-refractivity contribution in [1.29, 1.82) is 0 Å². The maximum atomic E-state index is 5.94. The second-order valence-corrected chi connectivity index (χ2v) is 5.58. The highest BCUT2D eigenvalue weighted by atomic mass is 35.5. The van der Waals surface area contributed by atoms with Crippen molar-refractivity contribution in [2.75, 3.05) is 13.2 Å². The van der Waals surface area contributed by atoms with Gasteiger partial charge >= 0.3 is 0 Å². The van der Waals surface area contributed by atoms with Gasteiger partial charge in [0.25, 0.3) is 0 Å². The van der Waals surface area contributed by atoms with E-state index in [4.69, 9.17) is 16.3 Å². The summed E-state index contributed by atoms with van der Waals surface area (Å²) in [5.74, 6) is 0.820. The molecule has 2 nitrogen and oxygen atoms in total. The third kappa shape index (κ3) is 4.86. The molecular weight excluding hydrogens is 278 g/mol. The predicted molar refractivity (Wildman–Crippen MR) is 82.4 cm³/mol. The molecule has 1 N–H and O–H groups in total. The third-order valence-electron chi connectivity index (χ3n) is 2.80. The van der Waals surface area contributed by atoms with Gasteiger partial charge in [0.2, 0.25) is 0 Å². The Labute approximate surface area is 123 Å². The van der Waals surface area contributed by atoms with E-state index in [0.717, 1.165) is 18.7 Å². The van der Waals surface area contributed by atoms with E-state index in [1.165, 1.54) is 5.56 Å². The van der Waals surface area contributed by atoms with Gasteiger partial charge in [-0.25, -0.2) is 0 Å². The second kappa shape index (κ2) is 7.53. The minimum absolute atomic E-state index is 0.318. The van der Waals surface area contributed by atoms with Gasteiger partial charge in [-0.2, -0.15) is 11.3 Å². The molecule has 0 aliphatic heterocycles. The fourth-order valence-corrected chi connectivity index (χ4v) is 2.79. The highest BCUT2D eigenvalue weighted by Crippen LogP contribution is 2.17. The topological polar surface area (TPSA) is 21.3 Å². The molecule has 1 atom stereocenters. The van der Waals surface area contributed by atoms with Gasteiger partial charge in [0.1, 0.15) is 12.4 Å². The number of nitrogens with one attached hydrogen (secondary N) is 1. The Morgan fingerprint density at radius 2 is 2.26 bits per heavy atom. The molecule has 1 aromatic carbocycles. The van der Waals surface area contributed by atoms with Gasteiger partial charge in [0.15, 0.2) is 0 Å². The molecule has 0 saturated heterocycles. The Bertz CT molecular complexity index is 487. The first-order valence-electron chi connectivity index (χ1n) is 6.40. The quantitative estimate of drug-likeness (QED) is 0.833. The Morgan fingerprint density at radius 3 is 2.95 bits per heavy atom. The van der Waals surface area contributed by atoms with Gasteiger partial charge in [-0.1, -0.05) is 24.6 Å². The van der Waals surface area contributed by atoms with Crippen LogP contribution in [0.5, 0.6) is 5.75 Å². The van der Waals surface area contributed by atoms with Crippen LogP contribution in [0.2, 0.25) is 5.02 Å². The standard InChI is InChI=1S/C15H18ClNOS/c1-2-17-14(8-12-6-7-19-11-12)10-18-15-5-3-4-13(16)9-15/h3-7,9,11,14,17H,2,8,10H2,1H3. The maximum Gasteiger partial charge on any atom is 0.120 e. The van der Waals surface area contributed by atoms with E-state index in [2.05, 4.69) is 29.1 Å². The van der Waals surface area contributed by atoms with Crippen molar-refractivity contribution in [2.45, 2.75) is 19.4 Å². The maximum absolute atomic E-state index is 5.94. The number of benzene rings is 1. The summed E-state index contributed by atoms with van der Waals surface area (Å²) in [4.78, 5) is 0. The van der Waals surface area contributed by atoms with E-state index in [-0.39, 0.29) is 0 Å². The van der Waals surface area contributed by atoms with E-state index >= 15 is 0 Å². The summed E-state index contributed by atoms with van der Waals surface area (Å²) in [6.07, 6.45) is 0.984. The van der Waals surface area contributed by atoms with Gasteiger partial charge in [-0.05, 0) is 53.6 Å². The molecular formula is C15H18ClNOS. The van der Waals surface area contributed by atoms with Crippen molar-refractivity contribution in [3.8, 4) is 5.75 Å². The van der Waals surface area contributed by atoms with Crippen LogP contribution in [0.15, 0.2) is 41.1 Å². The molecule has 1 heterocycles. The van der Waals surface area contributed by atoms with E-state index < -0.39 is 0 Å². The summed E-state index contributed by atoms with van der Waals surface area (Å²) in [7, 11) is 0. The first-order valence-corrected chi connectivity index (χ1v) is 7.73. The summed E-state index contributed by atoms with van der Waals surface area (Å²) in [5.41, 5.74) is 1.35. The van der Waals surface area contributed by atoms with Crippen molar-refractivity contribution in [3.63, 3.8) is 0 Å². The molecule has 2 aromatic rings. The molecule has 0 aliphatic carbocycles. The highest BCUT2D eigenvalue weighted by molar-refractivity contribution is 7.07. The van der Waals surface area contributed by atoms with E-state index in [1.807, 2.05) is 24.3 Å². The molecule has 0 saturated carbocycles. The molecule has 0 radical (unpaired) electrons. The van der Waals surface area contributed by atoms with Gasteiger partial charge in [-0.15, -0.1) is 0 Å². The van der Waals surface area contributed by atoms with E-state index in [0.29, 0.717) is 17.7 Å². The SMILES string of the molecule is CCNC(COc1cccc(Cl)c1)Cc1ccsc1. The largest absolute Gasteiger partial charge is 0.492 e. The molecule has 1 aromatic heterocycles. The molecule has 0 fully saturated rings. The molecule has 0 aliphatic rings. The van der Waals surface area contributed by atoms with Crippen molar-refractivity contribution in [1.82, 2.24) is 5.32 Å². The molecule has 2 rings (SSSR count). The fourth-order valence-electron chi connectivity index (χ4n) is 1.93. The first-order chi connectivity index (χ1) is 9.28. The van der Waals surface area contributed by atoms with Crippen molar-refractivity contribution in [3.05, 3.63) is 51.7 Å². The molecule has 0 bridgehead atoms. The minimum atomic E-state index is 0.318. The molecule has 0 amide bonds. The lowest BCUT2D eigenvalue weighted by molar-refractivity contribution is 0.265. The molecule has 4 heteroatoms. The number of likely N-dealkylation sites (N-methyl/N-ethyl adjacent to an activating group) is 1. The molecule has 0 spiro atoms. The number of halogens is 1. The van der Waals surface area contributed by atoms with Crippen LogP contribution in [-0.4, -0.2) is 19.2 Å². The van der Waals surface area contributed by atoms with Crippen LogP contribution in [0.4, 0.5) is 0 Å². The number of thiophene rings is 1. The minimum Gasteiger partial charge on any atom is -0.492 e. The second-order valence-electron chi connectivity index (χ2n) is 4.36. The van der Waals surface area contributed by atoms with Crippen LogP contribution in [0.3, 0.4) is 0 Å². The average Bonchev–Trinajstić information content (AvgIpc) is 2.89. The Hall–Kier alpha value is -1.03. The summed E-state index contributed by atoms with van der Waals surface area (Å²) in [6.45, 7) is 3.69. The predicted octanol–water partition coefficient (Wildman–Crippen LogP) is 4.00. The summed E-state index contributed by atoms with van der Waals surface area (Å²) in [5, 5.41) is 8.45. The van der Waals surface area contributed by atoms with Crippen LogP contribution >= 0.6 is 22.9 Å². The Kier molecular flexibility index (Phi) is 5.70. The number of hydrogen-bond acceptors (Lipinski definition) is 3. The van der Waals surface area contributed by atoms with E-state index in [9.17, 15) is 0 Å². The van der Waals surface area contributed by atoms with Crippen molar-refractivity contribution in [2.24, 2.45) is 0 Å². The van der Waals surface area contributed by atoms with Crippen LogP contribution in [-0.2, 0) is 6.42 Å². The summed E-state index contributed by atoms with van der Waals surface area (Å²) in [6, 6.07) is 10.0. The van der Waals surface area contributed by atoms with Crippen LogP contribution < -0.4 is 10.1 Å². The zero-order chi connectivity index (χ0) is 13.5. The van der Waals surface area contributed by atoms with Gasteiger partial charge in [0.05, 0.1) is 0 Å². The van der Waals surface area contributed by atoms with Crippen LogP contribution in [0.25, 0.3) is 0 Å². The monoisotopic (exact) mass is 295 g/mol. The number of hydrogen-bond donors (Lipinski definition) is 1. The number of ether oxygens (including phenoxy) is 1. The Balaban J connectivity index is 1.89. The molecule has 102 valence electrons. The lowest BCUT2D eigenvalue weighted by Crippen LogP contribution is -2.36. The van der Waals surface area contributed by atoms with Gasteiger partial charge in [-0.3, -0.25) is 0 Å². The average molecular weight is 296 g/mol. The lowest BCUT2D eigenvalue weighted by atomic mass is 10.1. The fraction of sp³-hybridized carbons (Fsp3) is 0.333.